The van der Waals surface area contributed by atoms with Crippen molar-refractivity contribution < 1.29 is 19.1 Å². The van der Waals surface area contributed by atoms with Crippen LogP contribution in [0.25, 0.3) is 11.5 Å². The van der Waals surface area contributed by atoms with E-state index in [1.54, 1.807) is 0 Å². The molecular weight excluding hydrogens is 294 g/mol. The van der Waals surface area contributed by atoms with E-state index in [-0.39, 0.29) is 18.9 Å². The molecule has 2 N–H and O–H groups in total. The molecule has 0 aliphatic heterocycles. The Balaban J connectivity index is 1.78. The van der Waals surface area contributed by atoms with Gasteiger partial charge in [-0.05, 0) is 11.4 Å². The highest BCUT2D eigenvalue weighted by molar-refractivity contribution is 7.08. The van der Waals surface area contributed by atoms with E-state index in [4.69, 9.17) is 9.52 Å². The summed E-state index contributed by atoms with van der Waals surface area (Å²) >= 11 is 1.53. The fourth-order valence-corrected chi connectivity index (χ4v) is 2.15. The fourth-order valence-electron chi connectivity index (χ4n) is 1.52. The van der Waals surface area contributed by atoms with E-state index in [0.29, 0.717) is 18.2 Å². The van der Waals surface area contributed by atoms with Crippen molar-refractivity contribution in [1.29, 1.82) is 0 Å². The van der Waals surface area contributed by atoms with Crippen LogP contribution in [0, 0.1) is 5.92 Å². The van der Waals surface area contributed by atoms with Crippen LogP contribution in [0.5, 0.6) is 0 Å². The van der Waals surface area contributed by atoms with Gasteiger partial charge >= 0.3 is 5.97 Å². The first-order valence-electron chi connectivity index (χ1n) is 6.40. The van der Waals surface area contributed by atoms with Crippen LogP contribution in [0.3, 0.4) is 0 Å². The highest BCUT2D eigenvalue weighted by Gasteiger charge is 2.14. The summed E-state index contributed by atoms with van der Waals surface area (Å²) in [6, 6.07) is 1.88. The zero-order chi connectivity index (χ0) is 15.2. The van der Waals surface area contributed by atoms with Gasteiger partial charge in [0, 0.05) is 30.3 Å². The molecule has 0 saturated carbocycles. The number of amides is 1. The lowest BCUT2D eigenvalue weighted by molar-refractivity contribution is -0.141. The van der Waals surface area contributed by atoms with E-state index in [1.165, 1.54) is 18.3 Å². The number of nitrogens with zero attached hydrogens (tertiary/aromatic N) is 2. The number of carboxylic acids is 1. The van der Waals surface area contributed by atoms with Crippen LogP contribution >= 0.6 is 11.3 Å². The second kappa shape index (κ2) is 6.98. The van der Waals surface area contributed by atoms with Crippen LogP contribution in [0.4, 0.5) is 0 Å². The van der Waals surface area contributed by atoms with Gasteiger partial charge in [0.15, 0.2) is 0 Å². The van der Waals surface area contributed by atoms with Gasteiger partial charge in [-0.2, -0.15) is 11.3 Å². The van der Waals surface area contributed by atoms with Gasteiger partial charge in [-0.25, -0.2) is 0 Å². The molecular formula is C13H15N3O4S. The molecule has 0 spiro atoms. The first kappa shape index (κ1) is 15.2. The average molecular weight is 309 g/mol. The number of hydrogen-bond donors (Lipinski definition) is 2. The van der Waals surface area contributed by atoms with Crippen LogP contribution in [0.1, 0.15) is 19.2 Å². The lowest BCUT2D eigenvalue weighted by Crippen LogP contribution is -2.31. The van der Waals surface area contributed by atoms with Crippen LogP contribution in [-0.4, -0.2) is 33.7 Å². The zero-order valence-corrected chi connectivity index (χ0v) is 12.2. The second-order valence-corrected chi connectivity index (χ2v) is 5.34. The summed E-state index contributed by atoms with van der Waals surface area (Å²) in [4.78, 5) is 22.2. The number of hydrogen-bond acceptors (Lipinski definition) is 6. The van der Waals surface area contributed by atoms with Crippen molar-refractivity contribution in [2.75, 3.05) is 6.54 Å². The number of nitrogens with one attached hydrogen (secondary N) is 1. The molecule has 1 atom stereocenters. The number of rotatable bonds is 7. The van der Waals surface area contributed by atoms with E-state index in [9.17, 15) is 9.59 Å². The maximum atomic E-state index is 11.6. The Bertz CT molecular complexity index is 609. The molecule has 2 rings (SSSR count). The normalized spacial score (nSPS) is 12.0. The Kier molecular flexibility index (Phi) is 5.04. The smallest absolute Gasteiger partial charge is 0.308 e. The van der Waals surface area contributed by atoms with Crippen molar-refractivity contribution in [3.8, 4) is 11.5 Å². The molecule has 2 aromatic heterocycles. The van der Waals surface area contributed by atoms with Crippen molar-refractivity contribution in [1.82, 2.24) is 15.5 Å². The number of aromatic nitrogens is 2. The van der Waals surface area contributed by atoms with Gasteiger partial charge < -0.3 is 14.8 Å². The first-order valence-corrected chi connectivity index (χ1v) is 7.35. The molecule has 1 amide bonds. The molecule has 0 radical (unpaired) electrons. The predicted octanol–water partition coefficient (Wildman–Crippen LogP) is 1.57. The summed E-state index contributed by atoms with van der Waals surface area (Å²) in [5.74, 6) is -0.961. The van der Waals surface area contributed by atoms with Gasteiger partial charge in [-0.15, -0.1) is 10.2 Å². The van der Waals surface area contributed by atoms with E-state index in [0.717, 1.165) is 5.56 Å². The minimum atomic E-state index is -0.937. The van der Waals surface area contributed by atoms with Gasteiger partial charge in [0.25, 0.3) is 0 Å². The molecule has 7 nitrogen and oxygen atoms in total. The van der Waals surface area contributed by atoms with Crippen molar-refractivity contribution in [3.05, 3.63) is 22.7 Å². The van der Waals surface area contributed by atoms with Crippen molar-refractivity contribution in [2.45, 2.75) is 19.8 Å². The quantitative estimate of drug-likeness (QED) is 0.804. The maximum absolute atomic E-state index is 11.6. The lowest BCUT2D eigenvalue weighted by atomic mass is 10.2. The molecule has 21 heavy (non-hydrogen) atoms. The first-order chi connectivity index (χ1) is 10.1. The summed E-state index contributed by atoms with van der Waals surface area (Å²) in [6.45, 7) is 1.64. The van der Waals surface area contributed by atoms with Crippen LogP contribution in [0.2, 0.25) is 0 Å². The molecule has 0 saturated heterocycles. The zero-order valence-electron chi connectivity index (χ0n) is 11.4. The van der Waals surface area contributed by atoms with Gasteiger partial charge in [0.05, 0.1) is 5.92 Å². The third-order valence-electron chi connectivity index (χ3n) is 2.83. The summed E-state index contributed by atoms with van der Waals surface area (Å²) in [5, 5.41) is 22.9. The average Bonchev–Trinajstić information content (AvgIpc) is 3.12. The number of carbonyl (C=O) groups excluding carboxylic acids is 1. The molecule has 8 heteroatoms. The Labute approximate surface area is 125 Å². The van der Waals surface area contributed by atoms with Gasteiger partial charge in [-0.3, -0.25) is 9.59 Å². The molecule has 0 fully saturated rings. The topological polar surface area (TPSA) is 105 Å². The molecule has 112 valence electrons. The van der Waals surface area contributed by atoms with Gasteiger partial charge in [0.2, 0.25) is 17.7 Å². The van der Waals surface area contributed by atoms with Gasteiger partial charge in [-0.1, -0.05) is 6.92 Å². The lowest BCUT2D eigenvalue weighted by Gasteiger charge is -2.07. The predicted molar refractivity (Wildman–Crippen MR) is 75.7 cm³/mol. The van der Waals surface area contributed by atoms with Crippen molar-refractivity contribution >= 4 is 23.2 Å². The number of carbonyl (C=O) groups is 2. The number of aryl methyl sites for hydroxylation is 1. The number of thiophene rings is 1. The summed E-state index contributed by atoms with van der Waals surface area (Å²) in [5.41, 5.74) is 0.860. The van der Waals surface area contributed by atoms with E-state index >= 15 is 0 Å². The SMILES string of the molecule is CC(CNC(=O)CCc1nnc(-c2ccsc2)o1)C(=O)O. The molecule has 0 aliphatic rings. The van der Waals surface area contributed by atoms with E-state index < -0.39 is 11.9 Å². The third kappa shape index (κ3) is 4.38. The highest BCUT2D eigenvalue weighted by Crippen LogP contribution is 2.20. The fraction of sp³-hybridized carbons (Fsp3) is 0.385. The van der Waals surface area contributed by atoms with E-state index in [1.807, 2.05) is 16.8 Å². The number of aliphatic carboxylic acids is 1. The number of carboxylic acid groups (broad SMARTS) is 1. The molecule has 0 aliphatic carbocycles. The maximum Gasteiger partial charge on any atom is 0.308 e. The molecule has 0 bridgehead atoms. The molecule has 0 aromatic carbocycles. The monoisotopic (exact) mass is 309 g/mol. The van der Waals surface area contributed by atoms with Gasteiger partial charge in [0.1, 0.15) is 0 Å². The highest BCUT2D eigenvalue weighted by atomic mass is 32.1. The van der Waals surface area contributed by atoms with Crippen molar-refractivity contribution in [2.24, 2.45) is 5.92 Å². The minimum Gasteiger partial charge on any atom is -0.481 e. The molecule has 2 heterocycles. The molecule has 1 unspecified atom stereocenters. The Morgan fingerprint density at radius 2 is 2.29 bits per heavy atom. The van der Waals surface area contributed by atoms with Crippen molar-refractivity contribution in [3.63, 3.8) is 0 Å². The summed E-state index contributed by atoms with van der Waals surface area (Å²) < 4.78 is 5.45. The second-order valence-electron chi connectivity index (χ2n) is 4.56. The molecule has 2 aromatic rings. The van der Waals surface area contributed by atoms with Crippen LogP contribution < -0.4 is 5.32 Å². The van der Waals surface area contributed by atoms with Crippen LogP contribution in [-0.2, 0) is 16.0 Å². The third-order valence-corrected chi connectivity index (χ3v) is 3.51. The van der Waals surface area contributed by atoms with E-state index in [2.05, 4.69) is 15.5 Å². The Morgan fingerprint density at radius 1 is 1.48 bits per heavy atom. The van der Waals surface area contributed by atoms with Crippen LogP contribution in [0.15, 0.2) is 21.2 Å². The standard InChI is InChI=1S/C13H15N3O4S/c1-8(13(18)19)6-14-10(17)2-3-11-15-16-12(20-11)9-4-5-21-7-9/h4-5,7-8H,2-3,6H2,1H3,(H,14,17)(H,18,19). The summed E-state index contributed by atoms with van der Waals surface area (Å²) in [7, 11) is 0. The Morgan fingerprint density at radius 3 is 2.95 bits per heavy atom. The summed E-state index contributed by atoms with van der Waals surface area (Å²) in [6.07, 6.45) is 0.502. The minimum absolute atomic E-state index is 0.109. The largest absolute Gasteiger partial charge is 0.481 e. The Hall–Kier alpha value is -2.22.